The minimum atomic E-state index is -3.56. The van der Waals surface area contributed by atoms with Crippen molar-refractivity contribution in [3.63, 3.8) is 0 Å². The molecule has 0 unspecified atom stereocenters. The molecule has 31 heavy (non-hydrogen) atoms. The molecule has 0 radical (unpaired) electrons. The van der Waals surface area contributed by atoms with Gasteiger partial charge in [0.05, 0.1) is 28.8 Å². The third-order valence-corrected chi connectivity index (χ3v) is 7.00. The van der Waals surface area contributed by atoms with Crippen molar-refractivity contribution in [3.05, 3.63) is 64.1 Å². The molecule has 1 aliphatic heterocycles. The van der Waals surface area contributed by atoms with Gasteiger partial charge in [-0.2, -0.15) is 4.31 Å². The molecule has 164 valence electrons. The van der Waals surface area contributed by atoms with Gasteiger partial charge in [0, 0.05) is 24.2 Å². The summed E-state index contributed by atoms with van der Waals surface area (Å²) in [6, 6.07) is 11.1. The van der Waals surface area contributed by atoms with Gasteiger partial charge in [0.25, 0.3) is 0 Å². The molecule has 7 nitrogen and oxygen atoms in total. The van der Waals surface area contributed by atoms with Crippen LogP contribution in [0, 0.1) is 0 Å². The minimum Gasteiger partial charge on any atom is -0.379 e. The first-order chi connectivity index (χ1) is 14.8. The van der Waals surface area contributed by atoms with Crippen molar-refractivity contribution in [2.75, 3.05) is 31.6 Å². The highest BCUT2D eigenvalue weighted by molar-refractivity contribution is 7.89. The van der Waals surface area contributed by atoms with Crippen molar-refractivity contribution in [1.29, 1.82) is 0 Å². The van der Waals surface area contributed by atoms with E-state index >= 15 is 0 Å². The second kappa shape index (κ2) is 10.5. The topological polar surface area (TPSA) is 87.7 Å². The highest BCUT2D eigenvalue weighted by Gasteiger charge is 2.25. The number of morpholine rings is 1. The van der Waals surface area contributed by atoms with Crippen LogP contribution < -0.4 is 10.6 Å². The zero-order valence-corrected chi connectivity index (χ0v) is 19.3. The van der Waals surface area contributed by atoms with Crippen LogP contribution in [0.2, 0.25) is 10.0 Å². The van der Waals surface area contributed by atoms with Crippen LogP contribution in [-0.2, 0) is 19.6 Å². The zero-order valence-electron chi connectivity index (χ0n) is 16.2. The average molecular weight is 500 g/mol. The van der Waals surface area contributed by atoms with Crippen LogP contribution in [0.15, 0.2) is 53.4 Å². The van der Waals surface area contributed by atoms with Crippen LogP contribution in [0.25, 0.3) is 6.08 Å². The number of hydrogen-bond acceptors (Lipinski definition) is 5. The second-order valence-electron chi connectivity index (χ2n) is 6.49. The molecule has 0 aliphatic carbocycles. The fourth-order valence-electron chi connectivity index (χ4n) is 2.76. The maximum atomic E-state index is 12.6. The fourth-order valence-corrected chi connectivity index (χ4v) is 4.83. The average Bonchev–Trinajstić information content (AvgIpc) is 2.75. The second-order valence-corrected chi connectivity index (χ2v) is 9.68. The molecule has 1 amide bonds. The number of nitrogens with one attached hydrogen (secondary N) is 2. The molecule has 11 heteroatoms. The molecule has 0 saturated carbocycles. The number of ether oxygens (including phenoxy) is 1. The largest absolute Gasteiger partial charge is 0.379 e. The monoisotopic (exact) mass is 499 g/mol. The molecular weight excluding hydrogens is 481 g/mol. The quantitative estimate of drug-likeness (QED) is 0.483. The number of hydrogen-bond donors (Lipinski definition) is 2. The lowest BCUT2D eigenvalue weighted by atomic mass is 10.2. The Morgan fingerprint density at radius 2 is 1.77 bits per heavy atom. The Hall–Kier alpha value is -2.01. The van der Waals surface area contributed by atoms with Crippen molar-refractivity contribution in [2.45, 2.75) is 4.90 Å². The van der Waals surface area contributed by atoms with E-state index in [9.17, 15) is 13.2 Å². The van der Waals surface area contributed by atoms with Crippen LogP contribution in [0.3, 0.4) is 0 Å². The van der Waals surface area contributed by atoms with Crippen molar-refractivity contribution >= 4 is 68.2 Å². The lowest BCUT2D eigenvalue weighted by Crippen LogP contribution is -2.40. The molecular formula is C20H19Cl2N3O4S2. The van der Waals surface area contributed by atoms with Gasteiger partial charge in [0.1, 0.15) is 0 Å². The van der Waals surface area contributed by atoms with E-state index in [1.807, 2.05) is 0 Å². The number of rotatable bonds is 5. The van der Waals surface area contributed by atoms with Crippen LogP contribution in [-0.4, -0.2) is 50.0 Å². The zero-order chi connectivity index (χ0) is 22.4. The summed E-state index contributed by atoms with van der Waals surface area (Å²) in [7, 11) is -3.56. The normalized spacial score (nSPS) is 15.0. The summed E-state index contributed by atoms with van der Waals surface area (Å²) in [5.74, 6) is -0.451. The van der Waals surface area contributed by atoms with Gasteiger partial charge in [-0.15, -0.1) is 0 Å². The predicted molar refractivity (Wildman–Crippen MR) is 126 cm³/mol. The van der Waals surface area contributed by atoms with E-state index in [4.69, 9.17) is 40.2 Å². The van der Waals surface area contributed by atoms with E-state index in [1.54, 1.807) is 36.4 Å². The van der Waals surface area contributed by atoms with Gasteiger partial charge < -0.3 is 10.1 Å². The summed E-state index contributed by atoms with van der Waals surface area (Å²) < 4.78 is 31.9. The lowest BCUT2D eigenvalue weighted by molar-refractivity contribution is -0.115. The smallest absolute Gasteiger partial charge is 0.250 e. The van der Waals surface area contributed by atoms with Crippen LogP contribution in [0.1, 0.15) is 5.56 Å². The molecule has 1 saturated heterocycles. The van der Waals surface area contributed by atoms with Crippen molar-refractivity contribution in [3.8, 4) is 0 Å². The molecule has 1 aliphatic rings. The summed E-state index contributed by atoms with van der Waals surface area (Å²) in [5.41, 5.74) is 1.17. The van der Waals surface area contributed by atoms with Crippen LogP contribution in [0.5, 0.6) is 0 Å². The number of benzene rings is 2. The van der Waals surface area contributed by atoms with E-state index in [1.165, 1.54) is 22.5 Å². The van der Waals surface area contributed by atoms with Crippen LogP contribution in [0.4, 0.5) is 5.69 Å². The predicted octanol–water partition coefficient (Wildman–Crippen LogP) is 3.54. The molecule has 0 aromatic heterocycles. The maximum Gasteiger partial charge on any atom is 0.250 e. The van der Waals surface area contributed by atoms with Gasteiger partial charge in [0.15, 0.2) is 5.11 Å². The highest BCUT2D eigenvalue weighted by Crippen LogP contribution is 2.25. The van der Waals surface area contributed by atoms with Crippen LogP contribution >= 0.6 is 35.4 Å². The first-order valence-corrected chi connectivity index (χ1v) is 11.8. The van der Waals surface area contributed by atoms with Gasteiger partial charge >= 0.3 is 0 Å². The van der Waals surface area contributed by atoms with Gasteiger partial charge in [-0.1, -0.05) is 35.3 Å². The van der Waals surface area contributed by atoms with E-state index in [0.29, 0.717) is 47.6 Å². The van der Waals surface area contributed by atoms with E-state index < -0.39 is 15.9 Å². The van der Waals surface area contributed by atoms with E-state index in [2.05, 4.69) is 10.6 Å². The summed E-state index contributed by atoms with van der Waals surface area (Å²) in [4.78, 5) is 12.3. The Bertz CT molecular complexity index is 1100. The van der Waals surface area contributed by atoms with Gasteiger partial charge in [-0.25, -0.2) is 8.42 Å². The first-order valence-electron chi connectivity index (χ1n) is 9.19. The van der Waals surface area contributed by atoms with E-state index in [0.717, 1.165) is 0 Å². The van der Waals surface area contributed by atoms with Gasteiger partial charge in [0.2, 0.25) is 15.9 Å². The Kier molecular flexibility index (Phi) is 8.04. The number of carbonyl (C=O) groups is 1. The molecule has 3 rings (SSSR count). The standard InChI is InChI=1S/C20H19Cl2N3O4S2/c21-15-4-7-18(17(22)13-15)23-20(30)24-19(26)8-3-14-1-5-16(6-2-14)31(27,28)25-9-11-29-12-10-25/h1-8,13H,9-12H2,(H2,23,24,26,30)/b8-3+. The fraction of sp³-hybridized carbons (Fsp3) is 0.200. The molecule has 1 heterocycles. The van der Waals surface area contributed by atoms with Crippen molar-refractivity contribution in [1.82, 2.24) is 9.62 Å². The number of amides is 1. The Morgan fingerprint density at radius 3 is 2.42 bits per heavy atom. The van der Waals surface area contributed by atoms with Gasteiger partial charge in [-0.3, -0.25) is 10.1 Å². The summed E-state index contributed by atoms with van der Waals surface area (Å²) >= 11 is 17.0. The molecule has 0 atom stereocenters. The summed E-state index contributed by atoms with van der Waals surface area (Å²) in [6.07, 6.45) is 2.85. The number of sulfonamides is 1. The number of halogens is 2. The molecule has 2 aromatic rings. The Labute approximate surface area is 196 Å². The third-order valence-electron chi connectivity index (χ3n) is 4.33. The Balaban J connectivity index is 1.57. The highest BCUT2D eigenvalue weighted by atomic mass is 35.5. The first kappa shape index (κ1) is 23.6. The molecule has 2 aromatic carbocycles. The van der Waals surface area contributed by atoms with Gasteiger partial charge in [-0.05, 0) is 54.2 Å². The molecule has 1 fully saturated rings. The number of carbonyl (C=O) groups excluding carboxylic acids is 1. The van der Waals surface area contributed by atoms with Crippen molar-refractivity contribution in [2.24, 2.45) is 0 Å². The number of nitrogens with zero attached hydrogens (tertiary/aromatic N) is 1. The number of anilines is 1. The van der Waals surface area contributed by atoms with Crippen molar-refractivity contribution < 1.29 is 17.9 Å². The lowest BCUT2D eigenvalue weighted by Gasteiger charge is -2.26. The Morgan fingerprint density at radius 1 is 1.10 bits per heavy atom. The molecule has 0 bridgehead atoms. The van der Waals surface area contributed by atoms with E-state index in [-0.39, 0.29) is 10.0 Å². The molecule has 2 N–H and O–H groups in total. The third kappa shape index (κ3) is 6.49. The summed E-state index contributed by atoms with van der Waals surface area (Å²) in [6.45, 7) is 1.44. The number of thiocarbonyl (C=S) groups is 1. The SMILES string of the molecule is O=C(/C=C/c1ccc(S(=O)(=O)N2CCOCC2)cc1)NC(=S)Nc1ccc(Cl)cc1Cl. The minimum absolute atomic E-state index is 0.0748. The molecule has 0 spiro atoms. The maximum absolute atomic E-state index is 12.6. The summed E-state index contributed by atoms with van der Waals surface area (Å²) in [5, 5.41) is 6.25.